The number of cyclic esters (lactones) is 1. The van der Waals surface area contributed by atoms with Gasteiger partial charge in [0.2, 0.25) is 0 Å². The smallest absolute Gasteiger partial charge is 0.331 e. The van der Waals surface area contributed by atoms with Crippen LogP contribution in [0.2, 0.25) is 0 Å². The second kappa shape index (κ2) is 7.70. The molecule has 0 saturated heterocycles. The molecule has 0 saturated carbocycles. The van der Waals surface area contributed by atoms with Crippen LogP contribution in [0.15, 0.2) is 97.1 Å². The van der Waals surface area contributed by atoms with Crippen molar-refractivity contribution in [1.82, 2.24) is 0 Å². The second-order valence-corrected chi connectivity index (χ2v) is 12.0. The van der Waals surface area contributed by atoms with Gasteiger partial charge in [-0.3, -0.25) is 0 Å². The van der Waals surface area contributed by atoms with Crippen molar-refractivity contribution in [2.45, 2.75) is 18.2 Å². The van der Waals surface area contributed by atoms with Crippen LogP contribution in [0.5, 0.6) is 0 Å². The van der Waals surface area contributed by atoms with Gasteiger partial charge in [-0.1, -0.05) is 84.6 Å². The minimum atomic E-state index is -2.58. The van der Waals surface area contributed by atoms with Crippen LogP contribution < -0.4 is 10.6 Å². The fraction of sp³-hybridized carbons (Fsp3) is 0.125. The van der Waals surface area contributed by atoms with Gasteiger partial charge in [0.25, 0.3) is 0 Å². The first-order valence-corrected chi connectivity index (χ1v) is 12.1. The Labute approximate surface area is 175 Å². The van der Waals surface area contributed by atoms with Crippen molar-refractivity contribution in [2.24, 2.45) is 0 Å². The Kier molecular flexibility index (Phi) is 5.24. The number of hydrogen-bond acceptors (Lipinski definition) is 3. The lowest BCUT2D eigenvalue weighted by molar-refractivity contribution is -0.139. The second-order valence-electron chi connectivity index (χ2n) is 7.15. The lowest BCUT2D eigenvalue weighted by Gasteiger charge is -2.44. The van der Waals surface area contributed by atoms with E-state index in [1.807, 2.05) is 67.6 Å². The summed E-state index contributed by atoms with van der Waals surface area (Å²) in [4.78, 5) is 12.0. The largest absolute Gasteiger partial charge is 0.454 e. The van der Waals surface area contributed by atoms with Crippen LogP contribution in [0.25, 0.3) is 0 Å². The Hall–Kier alpha value is -2.55. The van der Waals surface area contributed by atoms with Gasteiger partial charge in [-0.05, 0) is 41.3 Å². The molecule has 1 aliphatic heterocycles. The summed E-state index contributed by atoms with van der Waals surface area (Å²) in [5.74, 6) is -0.700. The lowest BCUT2D eigenvalue weighted by atomic mass is 9.94. The van der Waals surface area contributed by atoms with Gasteiger partial charge in [-0.15, -0.1) is 0 Å². The Bertz CT molecular complexity index is 1050. The van der Waals surface area contributed by atoms with Gasteiger partial charge in [-0.2, -0.15) is 0 Å². The topological polar surface area (TPSA) is 26.3 Å². The fourth-order valence-corrected chi connectivity index (χ4v) is 8.87. The fourth-order valence-electron chi connectivity index (χ4n) is 3.95. The van der Waals surface area contributed by atoms with Gasteiger partial charge in [0, 0.05) is 12.1 Å². The van der Waals surface area contributed by atoms with Crippen LogP contribution in [0, 0.1) is 5.82 Å². The molecule has 1 aliphatic rings. The third kappa shape index (κ3) is 3.27. The van der Waals surface area contributed by atoms with Crippen molar-refractivity contribution in [1.29, 1.82) is 0 Å². The molecule has 0 radical (unpaired) electrons. The van der Waals surface area contributed by atoms with Crippen LogP contribution in [0.1, 0.15) is 12.5 Å². The molecule has 3 aromatic carbocycles. The van der Waals surface area contributed by atoms with E-state index >= 15 is 0 Å². The van der Waals surface area contributed by atoms with E-state index < -0.39 is 17.3 Å². The van der Waals surface area contributed by atoms with E-state index in [1.54, 1.807) is 18.2 Å². The number of ether oxygens (including phenoxy) is 1. The van der Waals surface area contributed by atoms with Crippen LogP contribution in [0.3, 0.4) is 0 Å². The first-order valence-electron chi connectivity index (χ1n) is 9.32. The first kappa shape index (κ1) is 19.8. The summed E-state index contributed by atoms with van der Waals surface area (Å²) in [6, 6.07) is 23.8. The summed E-state index contributed by atoms with van der Waals surface area (Å²) in [5.41, 5.74) is 0.847. The highest BCUT2D eigenvalue weighted by atomic mass is 32.4. The lowest BCUT2D eigenvalue weighted by Crippen LogP contribution is -2.42. The predicted octanol–water partition coefficient (Wildman–Crippen LogP) is 4.65. The Morgan fingerprint density at radius 1 is 0.897 bits per heavy atom. The van der Waals surface area contributed by atoms with Gasteiger partial charge < -0.3 is 4.74 Å². The van der Waals surface area contributed by atoms with Crippen molar-refractivity contribution in [2.75, 3.05) is 0 Å². The zero-order valence-corrected chi connectivity index (χ0v) is 17.6. The maximum Gasteiger partial charge on any atom is 0.331 e. The molecule has 2 nitrogen and oxygen atoms in total. The maximum absolute atomic E-state index is 13.7. The first-order chi connectivity index (χ1) is 14.0. The number of esters is 1. The molecule has 5 heteroatoms. The summed E-state index contributed by atoms with van der Waals surface area (Å²) >= 11 is 6.55. The molecule has 4 rings (SSSR count). The highest BCUT2D eigenvalue weighted by Gasteiger charge is 2.51. The van der Waals surface area contributed by atoms with Crippen LogP contribution in [-0.2, 0) is 26.5 Å². The normalized spacial score (nSPS) is 18.3. The third-order valence-electron chi connectivity index (χ3n) is 5.53. The van der Waals surface area contributed by atoms with Gasteiger partial charge in [0.15, 0.2) is 0 Å². The van der Waals surface area contributed by atoms with E-state index in [0.29, 0.717) is 0 Å². The number of carbonyl (C=O) groups excluding carboxylic acids is 1. The monoisotopic (exact) mass is 422 g/mol. The van der Waals surface area contributed by atoms with Gasteiger partial charge in [0.05, 0.1) is 5.16 Å². The van der Waals surface area contributed by atoms with Crippen molar-refractivity contribution in [3.8, 4) is 0 Å². The predicted molar refractivity (Wildman–Crippen MR) is 119 cm³/mol. The molecule has 0 amide bonds. The van der Waals surface area contributed by atoms with E-state index in [2.05, 4.69) is 0 Å². The van der Waals surface area contributed by atoms with E-state index in [0.717, 1.165) is 16.2 Å². The Morgan fingerprint density at radius 3 is 1.86 bits per heavy atom. The van der Waals surface area contributed by atoms with Crippen molar-refractivity contribution >= 4 is 34.4 Å². The van der Waals surface area contributed by atoms with Gasteiger partial charge in [-0.25, -0.2) is 9.18 Å². The average Bonchev–Trinajstić information content (AvgIpc) is 3.21. The number of rotatable bonds is 5. The standard InChI is InChI=1S/C24H20FO2PS/c1-24(22-16-17-23(26)27-22,18-12-14-19(25)15-13-18)28(29,20-8-4-2-5-9-20)21-10-6-3-7-11-21/h2-17,22H,1H3. The summed E-state index contributed by atoms with van der Waals surface area (Å²) in [6.45, 7) is 2.04. The molecule has 0 spiro atoms. The molecule has 146 valence electrons. The minimum Gasteiger partial charge on any atom is -0.454 e. The maximum atomic E-state index is 13.7. The van der Waals surface area contributed by atoms with E-state index in [4.69, 9.17) is 16.5 Å². The summed E-state index contributed by atoms with van der Waals surface area (Å²) < 4.78 is 19.5. The molecule has 0 N–H and O–H groups in total. The highest BCUT2D eigenvalue weighted by Crippen LogP contribution is 2.64. The van der Waals surface area contributed by atoms with E-state index in [9.17, 15) is 9.18 Å². The van der Waals surface area contributed by atoms with Crippen LogP contribution in [0.4, 0.5) is 4.39 Å². The molecule has 29 heavy (non-hydrogen) atoms. The molecule has 0 bridgehead atoms. The SMILES string of the molecule is CC(c1ccc(F)cc1)(C1C=CC(=O)O1)P(=S)(c1ccccc1)c1ccccc1. The molecule has 0 aliphatic carbocycles. The zero-order valence-electron chi connectivity index (χ0n) is 15.9. The van der Waals surface area contributed by atoms with Crippen molar-refractivity contribution < 1.29 is 13.9 Å². The average molecular weight is 422 g/mol. The van der Waals surface area contributed by atoms with Gasteiger partial charge in [0.1, 0.15) is 11.9 Å². The summed E-state index contributed by atoms with van der Waals surface area (Å²) in [6.07, 6.45) is 2.67. The highest BCUT2D eigenvalue weighted by molar-refractivity contribution is 8.22. The number of halogens is 1. The molecule has 2 atom stereocenters. The molecule has 1 heterocycles. The van der Waals surface area contributed by atoms with Gasteiger partial charge >= 0.3 is 5.97 Å². The number of benzene rings is 3. The number of carbonyl (C=O) groups is 1. The summed E-state index contributed by atoms with van der Waals surface area (Å²) in [5, 5.41) is 1.27. The zero-order chi connectivity index (χ0) is 20.5. The third-order valence-corrected chi connectivity index (χ3v) is 11.8. The number of hydrogen-bond donors (Lipinski definition) is 0. The molecule has 0 fully saturated rings. The Balaban J connectivity index is 2.04. The Morgan fingerprint density at radius 2 is 1.41 bits per heavy atom. The minimum absolute atomic E-state index is 0.317. The van der Waals surface area contributed by atoms with Crippen LogP contribution >= 0.6 is 6.04 Å². The molecular weight excluding hydrogens is 402 g/mol. The van der Waals surface area contributed by atoms with Crippen LogP contribution in [-0.4, -0.2) is 12.1 Å². The van der Waals surface area contributed by atoms with Crippen molar-refractivity contribution in [3.63, 3.8) is 0 Å². The molecule has 3 aromatic rings. The molecular formula is C24H20FO2PS. The van der Waals surface area contributed by atoms with Crippen molar-refractivity contribution in [3.05, 3.63) is 108 Å². The summed E-state index contributed by atoms with van der Waals surface area (Å²) in [7, 11) is 0. The van der Waals surface area contributed by atoms with E-state index in [-0.39, 0.29) is 11.8 Å². The quantitative estimate of drug-likeness (QED) is 0.442. The van der Waals surface area contributed by atoms with E-state index in [1.165, 1.54) is 18.2 Å². The molecule has 2 unspecified atom stereocenters. The molecule has 0 aromatic heterocycles.